The van der Waals surface area contributed by atoms with Crippen LogP contribution in [-0.2, 0) is 6.54 Å². The van der Waals surface area contributed by atoms with Crippen molar-refractivity contribution in [2.45, 2.75) is 20.4 Å². The lowest BCUT2D eigenvalue weighted by Crippen LogP contribution is -2.23. The minimum atomic E-state index is -0.432. The summed E-state index contributed by atoms with van der Waals surface area (Å²) in [5.74, 6) is 0.230. The number of aryl methyl sites for hydroxylation is 2. The summed E-state index contributed by atoms with van der Waals surface area (Å²) in [5.41, 5.74) is 3.76. The highest BCUT2D eigenvalue weighted by molar-refractivity contribution is 9.10. The number of fused-ring (bicyclic) bond motifs is 1. The van der Waals surface area contributed by atoms with Crippen LogP contribution in [0, 0.1) is 13.8 Å². The molecule has 0 fully saturated rings. The Kier molecular flexibility index (Phi) is 4.53. The molecule has 4 rings (SSSR count). The fourth-order valence-electron chi connectivity index (χ4n) is 2.86. The first-order chi connectivity index (χ1) is 13.0. The molecule has 0 atom stereocenters. The highest BCUT2D eigenvalue weighted by Crippen LogP contribution is 2.31. The van der Waals surface area contributed by atoms with E-state index in [0.717, 1.165) is 32.1 Å². The van der Waals surface area contributed by atoms with Gasteiger partial charge in [0.15, 0.2) is 5.76 Å². The zero-order chi connectivity index (χ0) is 19.0. The van der Waals surface area contributed by atoms with Crippen LogP contribution in [0.15, 0.2) is 55.9 Å². The van der Waals surface area contributed by atoms with Gasteiger partial charge in [-0.05, 0) is 43.7 Å². The van der Waals surface area contributed by atoms with Gasteiger partial charge >= 0.3 is 11.8 Å². The summed E-state index contributed by atoms with van der Waals surface area (Å²) in [5, 5.41) is 7.67. The summed E-state index contributed by atoms with van der Waals surface area (Å²) in [6.07, 6.45) is 0. The number of furan rings is 1. The van der Waals surface area contributed by atoms with Crippen LogP contribution in [0.3, 0.4) is 0 Å². The third kappa shape index (κ3) is 3.50. The number of nitrogens with one attached hydrogen (secondary N) is 1. The average molecular weight is 426 g/mol. The summed E-state index contributed by atoms with van der Waals surface area (Å²) in [6, 6.07) is 13.6. The van der Waals surface area contributed by atoms with Crippen LogP contribution in [0.2, 0.25) is 0 Å². The smallest absolute Gasteiger partial charge is 0.316 e. The zero-order valence-corrected chi connectivity index (χ0v) is 16.3. The molecule has 0 aliphatic heterocycles. The van der Waals surface area contributed by atoms with E-state index in [0.29, 0.717) is 12.3 Å². The van der Waals surface area contributed by atoms with Gasteiger partial charge in [0.1, 0.15) is 5.58 Å². The Balaban J connectivity index is 1.54. The number of benzene rings is 2. The maximum absolute atomic E-state index is 12.3. The normalized spacial score (nSPS) is 11.1. The van der Waals surface area contributed by atoms with Crippen molar-refractivity contribution in [2.75, 3.05) is 0 Å². The number of nitrogens with zero attached hydrogens (tertiary/aromatic N) is 2. The van der Waals surface area contributed by atoms with Gasteiger partial charge in [-0.15, -0.1) is 0 Å². The molecule has 4 aromatic rings. The Morgan fingerprint density at radius 2 is 2.04 bits per heavy atom. The number of carbonyl (C=O) groups excluding carboxylic acids is 1. The SMILES string of the molecule is Cc1ccc2oc(-c3noc(C(=O)NCc4cccc(Br)c4)n3)c(C)c2c1. The van der Waals surface area contributed by atoms with E-state index in [-0.39, 0.29) is 11.7 Å². The minimum absolute atomic E-state index is 0.101. The topological polar surface area (TPSA) is 81.2 Å². The first kappa shape index (κ1) is 17.5. The molecule has 0 aliphatic rings. The maximum Gasteiger partial charge on any atom is 0.316 e. The number of amides is 1. The predicted octanol–water partition coefficient (Wildman–Crippen LogP) is 4.79. The molecule has 1 N–H and O–H groups in total. The molecule has 7 heteroatoms. The van der Waals surface area contributed by atoms with E-state index >= 15 is 0 Å². The van der Waals surface area contributed by atoms with Gasteiger partial charge in [0.25, 0.3) is 0 Å². The second-order valence-electron chi connectivity index (χ2n) is 6.29. The van der Waals surface area contributed by atoms with Crippen molar-refractivity contribution in [3.63, 3.8) is 0 Å². The van der Waals surface area contributed by atoms with Crippen LogP contribution in [0.25, 0.3) is 22.6 Å². The van der Waals surface area contributed by atoms with E-state index in [1.807, 2.05) is 56.3 Å². The number of halogens is 1. The monoisotopic (exact) mass is 425 g/mol. The van der Waals surface area contributed by atoms with Gasteiger partial charge in [0, 0.05) is 22.0 Å². The van der Waals surface area contributed by atoms with Gasteiger partial charge in [0.2, 0.25) is 5.82 Å². The lowest BCUT2D eigenvalue weighted by molar-refractivity contribution is 0.0907. The Morgan fingerprint density at radius 3 is 2.85 bits per heavy atom. The zero-order valence-electron chi connectivity index (χ0n) is 14.7. The molecule has 0 unspecified atom stereocenters. The molecule has 27 heavy (non-hydrogen) atoms. The van der Waals surface area contributed by atoms with Crippen molar-refractivity contribution in [3.05, 3.63) is 69.5 Å². The molecule has 0 saturated heterocycles. The summed E-state index contributed by atoms with van der Waals surface area (Å²) in [7, 11) is 0. The molecule has 136 valence electrons. The van der Waals surface area contributed by atoms with E-state index < -0.39 is 5.91 Å². The largest absolute Gasteiger partial charge is 0.452 e. The number of rotatable bonds is 4. The molecule has 0 bridgehead atoms. The van der Waals surface area contributed by atoms with Crippen molar-refractivity contribution in [3.8, 4) is 11.6 Å². The molecular formula is C20H16BrN3O3. The first-order valence-electron chi connectivity index (χ1n) is 8.38. The Hall–Kier alpha value is -2.93. The van der Waals surface area contributed by atoms with Crippen molar-refractivity contribution in [2.24, 2.45) is 0 Å². The number of hydrogen-bond donors (Lipinski definition) is 1. The Labute approximate surface area is 163 Å². The number of aromatic nitrogens is 2. The molecule has 0 spiro atoms. The highest BCUT2D eigenvalue weighted by atomic mass is 79.9. The fraction of sp³-hybridized carbons (Fsp3) is 0.150. The van der Waals surface area contributed by atoms with Crippen molar-refractivity contribution in [1.82, 2.24) is 15.5 Å². The molecule has 2 heterocycles. The van der Waals surface area contributed by atoms with E-state index in [1.165, 1.54) is 0 Å². The van der Waals surface area contributed by atoms with Crippen LogP contribution in [0.1, 0.15) is 27.4 Å². The van der Waals surface area contributed by atoms with E-state index in [1.54, 1.807) is 0 Å². The lowest BCUT2D eigenvalue weighted by Gasteiger charge is -2.02. The van der Waals surface area contributed by atoms with Crippen molar-refractivity contribution < 1.29 is 13.7 Å². The maximum atomic E-state index is 12.3. The van der Waals surface area contributed by atoms with Crippen molar-refractivity contribution in [1.29, 1.82) is 0 Å². The van der Waals surface area contributed by atoms with Crippen LogP contribution in [0.4, 0.5) is 0 Å². The first-order valence-corrected chi connectivity index (χ1v) is 9.17. The van der Waals surface area contributed by atoms with Crippen LogP contribution < -0.4 is 5.32 Å². The van der Waals surface area contributed by atoms with Gasteiger partial charge in [-0.2, -0.15) is 4.98 Å². The fourth-order valence-corrected chi connectivity index (χ4v) is 3.31. The minimum Gasteiger partial charge on any atom is -0.452 e. The summed E-state index contributed by atoms with van der Waals surface area (Å²) in [6.45, 7) is 4.32. The van der Waals surface area contributed by atoms with Gasteiger partial charge in [0.05, 0.1) is 0 Å². The molecule has 6 nitrogen and oxygen atoms in total. The summed E-state index contributed by atoms with van der Waals surface area (Å²) < 4.78 is 11.9. The van der Waals surface area contributed by atoms with Gasteiger partial charge in [-0.3, -0.25) is 4.79 Å². The van der Waals surface area contributed by atoms with Crippen LogP contribution in [0.5, 0.6) is 0 Å². The average Bonchev–Trinajstić information content (AvgIpc) is 3.25. The molecule has 2 aromatic carbocycles. The van der Waals surface area contributed by atoms with Gasteiger partial charge in [-0.25, -0.2) is 0 Å². The Bertz CT molecular complexity index is 1150. The second kappa shape index (κ2) is 7.00. The molecular weight excluding hydrogens is 410 g/mol. The third-order valence-corrected chi connectivity index (χ3v) is 4.75. The summed E-state index contributed by atoms with van der Waals surface area (Å²) >= 11 is 3.40. The molecule has 0 aliphatic carbocycles. The molecule has 2 aromatic heterocycles. The van der Waals surface area contributed by atoms with Gasteiger partial charge < -0.3 is 14.3 Å². The number of hydrogen-bond acceptors (Lipinski definition) is 5. The highest BCUT2D eigenvalue weighted by Gasteiger charge is 2.21. The van der Waals surface area contributed by atoms with E-state index in [4.69, 9.17) is 8.94 Å². The van der Waals surface area contributed by atoms with Gasteiger partial charge in [-0.1, -0.05) is 44.8 Å². The van der Waals surface area contributed by atoms with E-state index in [2.05, 4.69) is 31.4 Å². The third-order valence-electron chi connectivity index (χ3n) is 4.26. The van der Waals surface area contributed by atoms with Crippen LogP contribution in [-0.4, -0.2) is 16.0 Å². The standard InChI is InChI=1S/C20H16BrN3O3/c1-11-6-7-16-15(8-11)12(2)17(26-16)18-23-20(27-24-18)19(25)22-10-13-4-3-5-14(21)9-13/h3-9H,10H2,1-2H3,(H,22,25). The predicted molar refractivity (Wildman–Crippen MR) is 104 cm³/mol. The quantitative estimate of drug-likeness (QED) is 0.508. The molecule has 0 radical (unpaired) electrons. The van der Waals surface area contributed by atoms with E-state index in [9.17, 15) is 4.79 Å². The summed E-state index contributed by atoms with van der Waals surface area (Å²) in [4.78, 5) is 16.5. The molecule has 0 saturated carbocycles. The lowest BCUT2D eigenvalue weighted by atomic mass is 10.1. The molecule has 1 amide bonds. The second-order valence-corrected chi connectivity index (χ2v) is 7.21. The Morgan fingerprint density at radius 1 is 1.19 bits per heavy atom. The van der Waals surface area contributed by atoms with Crippen LogP contribution >= 0.6 is 15.9 Å². The van der Waals surface area contributed by atoms with Crippen molar-refractivity contribution >= 4 is 32.8 Å². The number of carbonyl (C=O) groups is 1.